The van der Waals surface area contributed by atoms with Gasteiger partial charge in [0, 0.05) is 17.1 Å². The number of benzene rings is 2. The Balaban J connectivity index is 2.11. The second-order valence-corrected chi connectivity index (χ2v) is 5.03. The van der Waals surface area contributed by atoms with Gasteiger partial charge in [-0.25, -0.2) is 0 Å². The molecular formula is C17H14ClNO2. The molecule has 0 amide bonds. The highest BCUT2D eigenvalue weighted by molar-refractivity contribution is 6.35. The van der Waals surface area contributed by atoms with Crippen molar-refractivity contribution in [1.29, 1.82) is 0 Å². The maximum Gasteiger partial charge on any atom is 0.198 e. The van der Waals surface area contributed by atoms with Gasteiger partial charge in [-0.2, -0.15) is 0 Å². The topological polar surface area (TPSA) is 42.1 Å². The van der Waals surface area contributed by atoms with Gasteiger partial charge in [0.05, 0.1) is 22.7 Å². The number of ether oxygens (including phenoxy) is 1. The zero-order chi connectivity index (χ0) is 14.8. The predicted octanol–water partition coefficient (Wildman–Crippen LogP) is 4.45. The maximum absolute atomic E-state index is 12.8. The molecule has 0 radical (unpaired) electrons. The van der Waals surface area contributed by atoms with Crippen molar-refractivity contribution in [3.05, 3.63) is 64.8 Å². The molecule has 0 aliphatic heterocycles. The lowest BCUT2D eigenvalue weighted by Gasteiger charge is -2.08. The molecule has 0 saturated heterocycles. The Bertz CT molecular complexity index is 807. The quantitative estimate of drug-likeness (QED) is 0.723. The van der Waals surface area contributed by atoms with Gasteiger partial charge in [0.2, 0.25) is 0 Å². The second-order valence-electron chi connectivity index (χ2n) is 4.62. The number of carbonyl (C=O) groups is 1. The number of fused-ring (bicyclic) bond motifs is 1. The molecule has 1 N–H and O–H groups in total. The summed E-state index contributed by atoms with van der Waals surface area (Å²) < 4.78 is 5.53. The van der Waals surface area contributed by atoms with Crippen LogP contribution in [0, 0.1) is 0 Å². The fourth-order valence-corrected chi connectivity index (χ4v) is 2.62. The molecule has 0 fully saturated rings. The largest absolute Gasteiger partial charge is 0.493 e. The van der Waals surface area contributed by atoms with Gasteiger partial charge < -0.3 is 9.72 Å². The van der Waals surface area contributed by atoms with E-state index in [1.54, 1.807) is 24.4 Å². The number of aromatic nitrogens is 1. The molecule has 0 aliphatic carbocycles. The smallest absolute Gasteiger partial charge is 0.198 e. The minimum absolute atomic E-state index is 0.0763. The Kier molecular flexibility index (Phi) is 3.67. The molecule has 0 saturated carbocycles. The van der Waals surface area contributed by atoms with Crippen LogP contribution in [0.2, 0.25) is 5.02 Å². The second kappa shape index (κ2) is 5.62. The third-order valence-corrected chi connectivity index (χ3v) is 3.66. The molecule has 106 valence electrons. The van der Waals surface area contributed by atoms with Gasteiger partial charge in [0.1, 0.15) is 5.75 Å². The van der Waals surface area contributed by atoms with E-state index in [0.29, 0.717) is 28.5 Å². The van der Waals surface area contributed by atoms with Gasteiger partial charge in [-0.1, -0.05) is 35.9 Å². The van der Waals surface area contributed by atoms with Crippen LogP contribution < -0.4 is 4.74 Å². The fraction of sp³-hybridized carbons (Fsp3) is 0.118. The number of ketones is 1. The minimum Gasteiger partial charge on any atom is -0.493 e. The summed E-state index contributed by atoms with van der Waals surface area (Å²) in [6, 6.07) is 12.8. The van der Waals surface area contributed by atoms with E-state index in [9.17, 15) is 4.79 Å². The van der Waals surface area contributed by atoms with Gasteiger partial charge >= 0.3 is 0 Å². The monoisotopic (exact) mass is 299 g/mol. The lowest BCUT2D eigenvalue weighted by molar-refractivity contribution is 0.103. The molecule has 0 unspecified atom stereocenters. The van der Waals surface area contributed by atoms with Gasteiger partial charge in [0.15, 0.2) is 5.78 Å². The summed E-state index contributed by atoms with van der Waals surface area (Å²) in [6.07, 6.45) is 1.70. The summed E-state index contributed by atoms with van der Waals surface area (Å²) in [5, 5.41) is 1.42. The summed E-state index contributed by atoms with van der Waals surface area (Å²) >= 11 is 6.13. The van der Waals surface area contributed by atoms with Crippen LogP contribution in [0.5, 0.6) is 5.75 Å². The van der Waals surface area contributed by atoms with E-state index in [0.717, 1.165) is 10.9 Å². The zero-order valence-corrected chi connectivity index (χ0v) is 12.3. The van der Waals surface area contributed by atoms with E-state index >= 15 is 0 Å². The van der Waals surface area contributed by atoms with Crippen molar-refractivity contribution in [2.24, 2.45) is 0 Å². The van der Waals surface area contributed by atoms with Crippen molar-refractivity contribution < 1.29 is 9.53 Å². The van der Waals surface area contributed by atoms with Crippen LogP contribution in [0.1, 0.15) is 22.8 Å². The average molecular weight is 300 g/mol. The van der Waals surface area contributed by atoms with Crippen molar-refractivity contribution in [3.63, 3.8) is 0 Å². The first-order chi connectivity index (χ1) is 10.2. The van der Waals surface area contributed by atoms with Crippen molar-refractivity contribution in [3.8, 4) is 5.75 Å². The van der Waals surface area contributed by atoms with Crippen molar-refractivity contribution in [1.82, 2.24) is 4.98 Å². The molecule has 0 atom stereocenters. The Morgan fingerprint density at radius 2 is 1.95 bits per heavy atom. The van der Waals surface area contributed by atoms with E-state index in [1.807, 2.05) is 31.2 Å². The number of carbonyl (C=O) groups excluding carboxylic acids is 1. The number of aromatic amines is 1. The zero-order valence-electron chi connectivity index (χ0n) is 11.5. The molecule has 0 aliphatic rings. The third-order valence-electron chi connectivity index (χ3n) is 3.34. The predicted molar refractivity (Wildman–Crippen MR) is 84.4 cm³/mol. The first kappa shape index (κ1) is 13.7. The van der Waals surface area contributed by atoms with E-state index in [2.05, 4.69) is 4.98 Å². The molecule has 21 heavy (non-hydrogen) atoms. The fourth-order valence-electron chi connectivity index (χ4n) is 2.39. The van der Waals surface area contributed by atoms with Crippen molar-refractivity contribution >= 4 is 28.3 Å². The Morgan fingerprint density at radius 3 is 2.76 bits per heavy atom. The normalized spacial score (nSPS) is 10.8. The molecule has 3 nitrogen and oxygen atoms in total. The Hall–Kier alpha value is -2.26. The number of halogens is 1. The van der Waals surface area contributed by atoms with Gasteiger partial charge in [-0.3, -0.25) is 4.79 Å². The summed E-state index contributed by atoms with van der Waals surface area (Å²) in [4.78, 5) is 15.9. The number of hydrogen-bond acceptors (Lipinski definition) is 2. The highest BCUT2D eigenvalue weighted by Crippen LogP contribution is 2.29. The van der Waals surface area contributed by atoms with Crippen LogP contribution in [0.3, 0.4) is 0 Å². The number of para-hydroxylation sites is 2. The highest BCUT2D eigenvalue weighted by Gasteiger charge is 2.18. The number of rotatable bonds is 4. The van der Waals surface area contributed by atoms with E-state index in [1.165, 1.54) is 0 Å². The molecule has 3 aromatic rings. The lowest BCUT2D eigenvalue weighted by Crippen LogP contribution is -2.04. The number of hydrogen-bond donors (Lipinski definition) is 1. The van der Waals surface area contributed by atoms with E-state index < -0.39 is 0 Å². The summed E-state index contributed by atoms with van der Waals surface area (Å²) in [6.45, 7) is 2.41. The van der Waals surface area contributed by atoms with Gasteiger partial charge in [0.25, 0.3) is 0 Å². The standard InChI is InChI=1S/C17H14ClNO2/c1-2-21-15-9-4-3-6-12(15)17(20)13-10-19-16-11(13)7-5-8-14(16)18/h3-10,19H,2H2,1H3. The summed E-state index contributed by atoms with van der Waals surface area (Å²) in [5.74, 6) is 0.522. The van der Waals surface area contributed by atoms with Crippen molar-refractivity contribution in [2.75, 3.05) is 6.61 Å². The van der Waals surface area contributed by atoms with E-state index in [4.69, 9.17) is 16.3 Å². The first-order valence-corrected chi connectivity index (χ1v) is 7.12. The number of H-pyrrole nitrogens is 1. The van der Waals surface area contributed by atoms with Crippen molar-refractivity contribution in [2.45, 2.75) is 6.92 Å². The van der Waals surface area contributed by atoms with Gasteiger partial charge in [-0.05, 0) is 25.1 Å². The summed E-state index contributed by atoms with van der Waals surface area (Å²) in [5.41, 5.74) is 1.93. The lowest BCUT2D eigenvalue weighted by atomic mass is 10.0. The van der Waals surface area contributed by atoms with Crippen LogP contribution >= 0.6 is 11.6 Å². The maximum atomic E-state index is 12.8. The number of nitrogens with one attached hydrogen (secondary N) is 1. The molecule has 0 bridgehead atoms. The molecule has 0 spiro atoms. The molecule has 2 aromatic carbocycles. The van der Waals surface area contributed by atoms with Gasteiger partial charge in [-0.15, -0.1) is 0 Å². The summed E-state index contributed by atoms with van der Waals surface area (Å²) in [7, 11) is 0. The third kappa shape index (κ3) is 2.41. The highest BCUT2D eigenvalue weighted by atomic mass is 35.5. The van der Waals surface area contributed by atoms with Crippen LogP contribution in [0.15, 0.2) is 48.7 Å². The van der Waals surface area contributed by atoms with Crippen LogP contribution in [0.4, 0.5) is 0 Å². The molecule has 1 aromatic heterocycles. The Morgan fingerprint density at radius 1 is 1.14 bits per heavy atom. The Labute approximate surface area is 127 Å². The molecule has 4 heteroatoms. The first-order valence-electron chi connectivity index (χ1n) is 6.74. The van der Waals surface area contributed by atoms with Crippen LogP contribution in [0.25, 0.3) is 10.9 Å². The van der Waals surface area contributed by atoms with Crippen LogP contribution in [-0.4, -0.2) is 17.4 Å². The van der Waals surface area contributed by atoms with Crippen LogP contribution in [-0.2, 0) is 0 Å². The van der Waals surface area contributed by atoms with E-state index in [-0.39, 0.29) is 5.78 Å². The average Bonchev–Trinajstić information content (AvgIpc) is 2.93. The molecular weight excluding hydrogens is 286 g/mol. The SMILES string of the molecule is CCOc1ccccc1C(=O)c1c[nH]c2c(Cl)cccc12. The molecule has 1 heterocycles. The minimum atomic E-state index is -0.0763. The molecule has 3 rings (SSSR count).